The second-order valence-electron chi connectivity index (χ2n) is 6.95. The van der Waals surface area contributed by atoms with Gasteiger partial charge in [-0.15, -0.1) is 0 Å². The zero-order valence-electron chi connectivity index (χ0n) is 18.2. The van der Waals surface area contributed by atoms with E-state index in [1.165, 1.54) is 31.3 Å². The van der Waals surface area contributed by atoms with E-state index in [0.717, 1.165) is 25.7 Å². The van der Waals surface area contributed by atoms with Gasteiger partial charge < -0.3 is 15.0 Å². The van der Waals surface area contributed by atoms with Crippen molar-refractivity contribution in [3.05, 3.63) is 12.3 Å². The average molecular weight is 437 g/mol. The Morgan fingerprint density at radius 3 is 2.24 bits per heavy atom. The molecule has 0 aliphatic rings. The number of nitrogens with zero attached hydrogens (tertiary/aromatic N) is 1. The third kappa shape index (κ3) is 12.9. The summed E-state index contributed by atoms with van der Waals surface area (Å²) in [6.07, 6.45) is 7.02. The number of nitrogens with one attached hydrogen (secondary N) is 1. The first-order valence-corrected chi connectivity index (χ1v) is 11.5. The summed E-state index contributed by atoms with van der Waals surface area (Å²) in [4.78, 5) is 44.0. The van der Waals surface area contributed by atoms with E-state index in [1.54, 1.807) is 6.92 Å². The highest BCUT2D eigenvalue weighted by Gasteiger charge is 2.41. The summed E-state index contributed by atoms with van der Waals surface area (Å²) in [6, 6.07) is -0.300. The predicted octanol–water partition coefficient (Wildman–Crippen LogP) is 2.41. The third-order valence-electron chi connectivity index (χ3n) is 4.51. The largest absolute Gasteiger partial charge is 0.570 e. The lowest BCUT2D eigenvalue weighted by Crippen LogP contribution is -2.33. The van der Waals surface area contributed by atoms with Gasteiger partial charge in [0.25, 0.3) is 0 Å². The Morgan fingerprint density at radius 2 is 1.76 bits per heavy atom. The first-order valence-electron chi connectivity index (χ1n) is 10.0. The van der Waals surface area contributed by atoms with Gasteiger partial charge >= 0.3 is 8.17 Å². The van der Waals surface area contributed by atoms with Crippen molar-refractivity contribution in [2.75, 3.05) is 27.4 Å². The van der Waals surface area contributed by atoms with Crippen LogP contribution >= 0.6 is 8.17 Å². The van der Waals surface area contributed by atoms with Crippen LogP contribution in [-0.2, 0) is 23.4 Å². The summed E-state index contributed by atoms with van der Waals surface area (Å²) in [7, 11) is -0.978. The van der Waals surface area contributed by atoms with Crippen molar-refractivity contribution in [2.45, 2.75) is 65.0 Å². The van der Waals surface area contributed by atoms with Crippen molar-refractivity contribution in [1.82, 2.24) is 10.2 Å². The van der Waals surface area contributed by atoms with Crippen LogP contribution in [0.5, 0.6) is 0 Å². The van der Waals surface area contributed by atoms with Crippen LogP contribution in [0.3, 0.4) is 0 Å². The van der Waals surface area contributed by atoms with E-state index in [-0.39, 0.29) is 31.1 Å². The Labute approximate surface area is 175 Å². The first kappa shape index (κ1) is 27.9. The number of carbonyl (C=O) groups excluding carboxylic acids is 2. The molecule has 2 atom stereocenters. The van der Waals surface area contributed by atoms with Crippen LogP contribution in [0.15, 0.2) is 12.3 Å². The van der Waals surface area contributed by atoms with Crippen molar-refractivity contribution >= 4 is 20.5 Å². The molecule has 0 bridgehead atoms. The van der Waals surface area contributed by atoms with Crippen LogP contribution in [-0.4, -0.2) is 66.5 Å². The molecule has 10 heteroatoms. The topological polar surface area (TPSA) is 118 Å². The van der Waals surface area contributed by atoms with Crippen LogP contribution in [0, 0.1) is 5.92 Å². The molecule has 29 heavy (non-hydrogen) atoms. The van der Waals surface area contributed by atoms with Crippen molar-refractivity contribution < 1.29 is 33.2 Å². The fourth-order valence-electron chi connectivity index (χ4n) is 2.81. The number of methoxy groups -OCH3 is 1. The zero-order valence-corrected chi connectivity index (χ0v) is 19.1. The van der Waals surface area contributed by atoms with Crippen molar-refractivity contribution in [1.29, 1.82) is 0 Å². The molecule has 2 unspecified atom stereocenters. The molecule has 170 valence electrons. The highest BCUT2D eigenvalue weighted by atomic mass is 31.2. The molecule has 9 nitrogen and oxygen atoms in total. The van der Waals surface area contributed by atoms with Gasteiger partial charge in [-0.25, -0.2) is 0 Å². The number of carbonyl (C=O) groups is 2. The molecule has 0 radical (unpaired) electrons. The highest BCUT2D eigenvalue weighted by Crippen LogP contribution is 2.53. The molecule has 0 saturated heterocycles. The van der Waals surface area contributed by atoms with E-state index in [9.17, 15) is 19.4 Å². The molecule has 0 spiro atoms. The van der Waals surface area contributed by atoms with Crippen LogP contribution in [0.4, 0.5) is 0 Å². The molecule has 0 aliphatic carbocycles. The number of amides is 2. The van der Waals surface area contributed by atoms with Gasteiger partial charge in [-0.2, -0.15) is 18.8 Å². The van der Waals surface area contributed by atoms with Gasteiger partial charge in [-0.05, 0) is 32.1 Å². The van der Waals surface area contributed by atoms with E-state index in [0.29, 0.717) is 12.8 Å². The molecule has 3 N–H and O–H groups in total. The zero-order chi connectivity index (χ0) is 22.3. The quantitative estimate of drug-likeness (QED) is 0.182. The molecule has 0 aromatic heterocycles. The second-order valence-corrected chi connectivity index (χ2v) is 8.45. The summed E-state index contributed by atoms with van der Waals surface area (Å²) in [6.45, 7) is 6.08. The lowest BCUT2D eigenvalue weighted by Gasteiger charge is -2.25. The van der Waals surface area contributed by atoms with Gasteiger partial charge in [0.05, 0.1) is 6.10 Å². The van der Waals surface area contributed by atoms with Gasteiger partial charge in [0.1, 0.15) is 13.2 Å². The van der Waals surface area contributed by atoms with Crippen LogP contribution in [0.1, 0.15) is 52.9 Å². The fraction of sp³-hybridized carbons (Fsp3) is 0.789. The number of likely N-dealkylation sites (N-methyl/N-ethyl adjacent to an activating group) is 1. The minimum Gasteiger partial charge on any atom is -0.379 e. The lowest BCUT2D eigenvalue weighted by molar-refractivity contribution is -0.118. The molecular weight excluding hydrogens is 399 g/mol. The van der Waals surface area contributed by atoms with Crippen molar-refractivity contribution in [2.24, 2.45) is 5.92 Å². The van der Waals surface area contributed by atoms with E-state index < -0.39 is 14.3 Å². The lowest BCUT2D eigenvalue weighted by atomic mass is 10.00. The second kappa shape index (κ2) is 15.7. The molecule has 0 aliphatic heterocycles. The van der Waals surface area contributed by atoms with Gasteiger partial charge in [0, 0.05) is 32.5 Å². The van der Waals surface area contributed by atoms with E-state index in [1.807, 2.05) is 0 Å². The molecule has 0 aromatic carbocycles. The normalized spacial score (nSPS) is 14.2. The minimum atomic E-state index is -3.94. The Bertz CT molecular complexity index is 485. The number of hydrogen-bond acceptors (Lipinski definition) is 7. The van der Waals surface area contributed by atoms with Gasteiger partial charge in [0.15, 0.2) is 0 Å². The van der Waals surface area contributed by atoms with Crippen LogP contribution in [0.25, 0.3) is 0 Å². The standard InChI is InChI=1S/C19H37N2O7P/c1-6-8-17(9-7-2)13-27-29(24,25)28-14-18(26-5)12-16(3)21(15-22)11-10-19(23)20-4/h10-11,15-18,24-25H,6-9,12-14H2,1-5H3/p+1/b11-10-. The van der Waals surface area contributed by atoms with Gasteiger partial charge in [0.2, 0.25) is 12.3 Å². The van der Waals surface area contributed by atoms with E-state index in [2.05, 4.69) is 19.2 Å². The first-order chi connectivity index (χ1) is 13.7. The molecule has 0 saturated carbocycles. The predicted molar refractivity (Wildman–Crippen MR) is 113 cm³/mol. The van der Waals surface area contributed by atoms with Crippen LogP contribution in [0.2, 0.25) is 0 Å². The number of rotatable bonds is 17. The summed E-state index contributed by atoms with van der Waals surface area (Å²) in [5, 5.41) is 2.43. The Balaban J connectivity index is 4.62. The van der Waals surface area contributed by atoms with Crippen molar-refractivity contribution in [3.63, 3.8) is 0 Å². The smallest absolute Gasteiger partial charge is 0.379 e. The van der Waals surface area contributed by atoms with E-state index >= 15 is 0 Å². The van der Waals surface area contributed by atoms with E-state index in [4.69, 9.17) is 13.8 Å². The maximum atomic E-state index is 11.3. The highest BCUT2D eigenvalue weighted by molar-refractivity contribution is 7.54. The maximum Gasteiger partial charge on any atom is 0.570 e. The maximum absolute atomic E-state index is 11.3. The molecule has 0 rings (SSSR count). The summed E-state index contributed by atoms with van der Waals surface area (Å²) < 4.78 is 15.8. The summed E-state index contributed by atoms with van der Waals surface area (Å²) in [5.74, 6) is -0.0637. The van der Waals surface area contributed by atoms with Gasteiger partial charge in [-0.1, -0.05) is 26.7 Å². The SMILES string of the molecule is CCCC(CCC)CO[P+](O)(O)OCC(CC(C)N(C=O)/C=C\C(=O)NC)OC. The number of hydrogen-bond donors (Lipinski definition) is 3. The molecule has 0 fully saturated rings. The van der Waals surface area contributed by atoms with Crippen molar-refractivity contribution in [3.8, 4) is 0 Å². The molecular formula is C19H38N2O7P+. The van der Waals surface area contributed by atoms with Gasteiger partial charge in [-0.3, -0.25) is 9.59 Å². The molecule has 2 amide bonds. The number of ether oxygens (including phenoxy) is 1. The molecule has 0 heterocycles. The third-order valence-corrected chi connectivity index (χ3v) is 5.48. The Morgan fingerprint density at radius 1 is 1.17 bits per heavy atom. The monoisotopic (exact) mass is 437 g/mol. The Hall–Kier alpha value is -1.09. The summed E-state index contributed by atoms with van der Waals surface area (Å²) in [5.41, 5.74) is 0. The summed E-state index contributed by atoms with van der Waals surface area (Å²) >= 11 is 0. The minimum absolute atomic E-state index is 0.0975. The Kier molecular flexibility index (Phi) is 15.1. The average Bonchev–Trinajstić information content (AvgIpc) is 2.69. The fourth-order valence-corrected chi connectivity index (χ4v) is 3.65. The van der Waals surface area contributed by atoms with Crippen LogP contribution < -0.4 is 5.32 Å². The molecule has 0 aromatic rings.